The van der Waals surface area contributed by atoms with Crippen LogP contribution >= 0.6 is 11.6 Å². The molecule has 0 aliphatic heterocycles. The first-order valence-electron chi connectivity index (χ1n) is 5.41. The molecule has 2 heterocycles. The lowest BCUT2D eigenvalue weighted by molar-refractivity contribution is 0.619. The number of fused-ring (bicyclic) bond motifs is 1. The molecule has 5 nitrogen and oxygen atoms in total. The molecule has 3 rings (SSSR count). The number of hydrogen-bond acceptors (Lipinski definition) is 4. The molecule has 0 saturated carbocycles. The van der Waals surface area contributed by atoms with Crippen molar-refractivity contribution in [3.05, 3.63) is 29.0 Å². The molecule has 0 radical (unpaired) electrons. The quantitative estimate of drug-likeness (QED) is 0.685. The minimum absolute atomic E-state index is 0.477. The van der Waals surface area contributed by atoms with E-state index in [1.165, 1.54) is 0 Å². The standard InChI is InChI=1S/C12H11ClN4O/c1-6-7(5-17(2)16-6)12-15-10-3-8(13)9(14)4-11(10)18-12/h3-5H,14H2,1-2H3. The molecule has 0 fully saturated rings. The van der Waals surface area contributed by atoms with Gasteiger partial charge in [0.05, 0.1) is 22.0 Å². The molecule has 0 amide bonds. The summed E-state index contributed by atoms with van der Waals surface area (Å²) >= 11 is 5.96. The molecule has 3 aromatic rings. The summed E-state index contributed by atoms with van der Waals surface area (Å²) in [5.41, 5.74) is 9.25. The second kappa shape index (κ2) is 3.74. The van der Waals surface area contributed by atoms with Crippen LogP contribution in [0.25, 0.3) is 22.6 Å². The van der Waals surface area contributed by atoms with Gasteiger partial charge in [0.15, 0.2) is 5.58 Å². The highest BCUT2D eigenvalue weighted by molar-refractivity contribution is 6.33. The first-order valence-corrected chi connectivity index (χ1v) is 5.78. The topological polar surface area (TPSA) is 69.9 Å². The third kappa shape index (κ3) is 1.64. The molecule has 0 atom stereocenters. The number of benzene rings is 1. The van der Waals surface area contributed by atoms with E-state index in [1.54, 1.807) is 16.8 Å². The molecule has 0 bridgehead atoms. The van der Waals surface area contributed by atoms with Gasteiger partial charge in [0.1, 0.15) is 5.52 Å². The number of oxazole rings is 1. The van der Waals surface area contributed by atoms with E-state index >= 15 is 0 Å². The Bertz CT molecular complexity index is 705. The third-order valence-corrected chi connectivity index (χ3v) is 3.08. The van der Waals surface area contributed by atoms with Crippen molar-refractivity contribution < 1.29 is 4.42 Å². The fraction of sp³-hybridized carbons (Fsp3) is 0.167. The number of hydrogen-bond donors (Lipinski definition) is 1. The number of aromatic nitrogens is 3. The molecule has 2 N–H and O–H groups in total. The van der Waals surface area contributed by atoms with Crippen LogP contribution in [0.15, 0.2) is 22.7 Å². The van der Waals surface area contributed by atoms with Crippen molar-refractivity contribution in [1.29, 1.82) is 0 Å². The summed E-state index contributed by atoms with van der Waals surface area (Å²) in [5.74, 6) is 0.525. The maximum atomic E-state index is 5.96. The predicted octanol–water partition coefficient (Wildman–Crippen LogP) is 2.77. The van der Waals surface area contributed by atoms with E-state index in [0.29, 0.717) is 27.7 Å². The first kappa shape index (κ1) is 11.1. The van der Waals surface area contributed by atoms with Crippen LogP contribution < -0.4 is 5.73 Å². The highest BCUT2D eigenvalue weighted by atomic mass is 35.5. The van der Waals surface area contributed by atoms with Crippen molar-refractivity contribution in [2.45, 2.75) is 6.92 Å². The Labute approximate surface area is 108 Å². The summed E-state index contributed by atoms with van der Waals surface area (Å²) in [7, 11) is 1.86. The molecule has 1 aromatic carbocycles. The summed E-state index contributed by atoms with van der Waals surface area (Å²) < 4.78 is 7.40. The van der Waals surface area contributed by atoms with E-state index in [9.17, 15) is 0 Å². The number of anilines is 1. The molecule has 6 heteroatoms. The number of nitrogen functional groups attached to an aromatic ring is 1. The molecule has 0 spiro atoms. The Kier molecular flexibility index (Phi) is 2.31. The first-order chi connectivity index (χ1) is 8.54. The SMILES string of the molecule is Cc1nn(C)cc1-c1nc2cc(Cl)c(N)cc2o1. The van der Waals surface area contributed by atoms with Gasteiger partial charge in [-0.3, -0.25) is 4.68 Å². The van der Waals surface area contributed by atoms with Crippen molar-refractivity contribution in [1.82, 2.24) is 14.8 Å². The van der Waals surface area contributed by atoms with Crippen LogP contribution in [0.3, 0.4) is 0 Å². The van der Waals surface area contributed by atoms with Gasteiger partial charge in [-0.15, -0.1) is 0 Å². The van der Waals surface area contributed by atoms with Crippen LogP contribution in [-0.2, 0) is 7.05 Å². The lowest BCUT2D eigenvalue weighted by Gasteiger charge is -1.94. The molecule has 92 valence electrons. The highest BCUT2D eigenvalue weighted by Crippen LogP contribution is 2.30. The summed E-state index contributed by atoms with van der Waals surface area (Å²) in [4.78, 5) is 4.40. The smallest absolute Gasteiger partial charge is 0.230 e. The Morgan fingerprint density at radius 3 is 2.83 bits per heavy atom. The molecule has 0 saturated heterocycles. The summed E-state index contributed by atoms with van der Waals surface area (Å²) in [6, 6.07) is 3.38. The van der Waals surface area contributed by atoms with Crippen LogP contribution in [0.5, 0.6) is 0 Å². The molecule has 0 aliphatic carbocycles. The zero-order valence-corrected chi connectivity index (χ0v) is 10.7. The lowest BCUT2D eigenvalue weighted by atomic mass is 10.3. The number of halogens is 1. The average molecular weight is 263 g/mol. The van der Waals surface area contributed by atoms with E-state index in [1.807, 2.05) is 20.2 Å². The van der Waals surface area contributed by atoms with E-state index in [2.05, 4.69) is 10.1 Å². The minimum Gasteiger partial charge on any atom is -0.436 e. The number of nitrogens with zero attached hydrogens (tertiary/aromatic N) is 3. The zero-order chi connectivity index (χ0) is 12.9. The zero-order valence-electron chi connectivity index (χ0n) is 9.94. The van der Waals surface area contributed by atoms with Crippen molar-refractivity contribution in [3.63, 3.8) is 0 Å². The molecular formula is C12H11ClN4O. The maximum Gasteiger partial charge on any atom is 0.230 e. The maximum absolute atomic E-state index is 5.96. The van der Waals surface area contributed by atoms with Crippen LogP contribution in [0.1, 0.15) is 5.69 Å². The molecule has 18 heavy (non-hydrogen) atoms. The lowest BCUT2D eigenvalue weighted by Crippen LogP contribution is -1.86. The van der Waals surface area contributed by atoms with Crippen molar-refractivity contribution in [3.8, 4) is 11.5 Å². The Morgan fingerprint density at radius 2 is 2.17 bits per heavy atom. The van der Waals surface area contributed by atoms with Crippen LogP contribution in [0.4, 0.5) is 5.69 Å². The number of aryl methyl sites for hydroxylation is 2. The van der Waals surface area contributed by atoms with Crippen molar-refractivity contribution in [2.24, 2.45) is 7.05 Å². The Balaban J connectivity index is 2.22. The van der Waals surface area contributed by atoms with E-state index in [4.69, 9.17) is 21.8 Å². The Hall–Kier alpha value is -2.01. The van der Waals surface area contributed by atoms with Crippen LogP contribution in [-0.4, -0.2) is 14.8 Å². The Morgan fingerprint density at radius 1 is 1.39 bits per heavy atom. The van der Waals surface area contributed by atoms with E-state index < -0.39 is 0 Å². The van der Waals surface area contributed by atoms with E-state index in [0.717, 1.165) is 11.3 Å². The van der Waals surface area contributed by atoms with Gasteiger partial charge in [0.2, 0.25) is 5.89 Å². The normalized spacial score (nSPS) is 11.3. The summed E-state index contributed by atoms with van der Waals surface area (Å²) in [5, 5.41) is 4.74. The number of nitrogens with two attached hydrogens (primary N) is 1. The van der Waals surface area contributed by atoms with Gasteiger partial charge in [-0.1, -0.05) is 11.6 Å². The van der Waals surface area contributed by atoms with Crippen LogP contribution in [0.2, 0.25) is 5.02 Å². The van der Waals surface area contributed by atoms with Gasteiger partial charge < -0.3 is 10.2 Å². The van der Waals surface area contributed by atoms with Crippen molar-refractivity contribution >= 4 is 28.4 Å². The largest absolute Gasteiger partial charge is 0.436 e. The fourth-order valence-corrected chi connectivity index (χ4v) is 2.05. The van der Waals surface area contributed by atoms with Gasteiger partial charge in [-0.05, 0) is 13.0 Å². The van der Waals surface area contributed by atoms with Gasteiger partial charge >= 0.3 is 0 Å². The predicted molar refractivity (Wildman–Crippen MR) is 70.4 cm³/mol. The van der Waals surface area contributed by atoms with Crippen LogP contribution in [0, 0.1) is 6.92 Å². The second-order valence-corrected chi connectivity index (χ2v) is 4.57. The molecule has 0 aliphatic rings. The third-order valence-electron chi connectivity index (χ3n) is 2.75. The molecule has 2 aromatic heterocycles. The second-order valence-electron chi connectivity index (χ2n) is 4.16. The summed E-state index contributed by atoms with van der Waals surface area (Å²) in [6.45, 7) is 1.91. The number of rotatable bonds is 1. The van der Waals surface area contributed by atoms with Gasteiger partial charge in [-0.2, -0.15) is 5.10 Å². The minimum atomic E-state index is 0.477. The average Bonchev–Trinajstić information content (AvgIpc) is 2.82. The monoisotopic (exact) mass is 262 g/mol. The molecular weight excluding hydrogens is 252 g/mol. The van der Waals surface area contributed by atoms with Gasteiger partial charge in [0.25, 0.3) is 0 Å². The van der Waals surface area contributed by atoms with Gasteiger partial charge in [0, 0.05) is 19.3 Å². The van der Waals surface area contributed by atoms with Gasteiger partial charge in [-0.25, -0.2) is 4.98 Å². The highest BCUT2D eigenvalue weighted by Gasteiger charge is 2.14. The van der Waals surface area contributed by atoms with E-state index in [-0.39, 0.29) is 0 Å². The molecule has 0 unspecified atom stereocenters. The fourth-order valence-electron chi connectivity index (χ4n) is 1.89. The summed E-state index contributed by atoms with van der Waals surface area (Å²) in [6.07, 6.45) is 1.87. The van der Waals surface area contributed by atoms with Crippen molar-refractivity contribution in [2.75, 3.05) is 5.73 Å².